The van der Waals surface area contributed by atoms with Crippen LogP contribution in [0.1, 0.15) is 15.9 Å². The van der Waals surface area contributed by atoms with E-state index in [1.165, 1.54) is 12.1 Å². The Bertz CT molecular complexity index is 1300. The lowest BCUT2D eigenvalue weighted by Crippen LogP contribution is -2.22. The predicted molar refractivity (Wildman–Crippen MR) is 120 cm³/mol. The Hall–Kier alpha value is -3.58. The number of nitrogens with zero attached hydrogens (tertiary/aromatic N) is 1. The van der Waals surface area contributed by atoms with Crippen LogP contribution in [0.25, 0.3) is 11.0 Å². The summed E-state index contributed by atoms with van der Waals surface area (Å²) in [5, 5.41) is 17.6. The van der Waals surface area contributed by atoms with E-state index in [1.54, 1.807) is 12.1 Å². The molecule has 0 saturated heterocycles. The average molecular weight is 464 g/mol. The first-order valence-electron chi connectivity index (χ1n) is 9.18. The molecule has 0 fully saturated rings. The number of hydrogen-bond donors (Lipinski definition) is 3. The van der Waals surface area contributed by atoms with Gasteiger partial charge in [-0.05, 0) is 67.1 Å². The molecule has 7 heteroatoms. The SMILES string of the molecule is Cc1cccc(NC(=O)c2cc3ccc(O)cc3o/c2=N/Nc2ccc(Br)cc2)c1. The zero-order chi connectivity index (χ0) is 21.1. The van der Waals surface area contributed by atoms with E-state index in [9.17, 15) is 9.90 Å². The molecule has 1 amide bonds. The van der Waals surface area contributed by atoms with Crippen LogP contribution in [0.2, 0.25) is 0 Å². The summed E-state index contributed by atoms with van der Waals surface area (Å²) in [7, 11) is 0. The Kier molecular flexibility index (Phi) is 5.54. The van der Waals surface area contributed by atoms with Crippen LogP contribution in [-0.4, -0.2) is 11.0 Å². The number of hydrogen-bond acceptors (Lipinski definition) is 5. The van der Waals surface area contributed by atoms with Crippen LogP contribution in [0.4, 0.5) is 11.4 Å². The smallest absolute Gasteiger partial charge is 0.261 e. The number of fused-ring (bicyclic) bond motifs is 1. The molecule has 3 N–H and O–H groups in total. The summed E-state index contributed by atoms with van der Waals surface area (Å²) in [6.45, 7) is 1.95. The zero-order valence-corrected chi connectivity index (χ0v) is 17.6. The largest absolute Gasteiger partial charge is 0.508 e. The van der Waals surface area contributed by atoms with Crippen molar-refractivity contribution in [1.82, 2.24) is 0 Å². The molecule has 0 saturated carbocycles. The molecule has 0 spiro atoms. The minimum atomic E-state index is -0.351. The molecule has 0 atom stereocenters. The molecule has 0 unspecified atom stereocenters. The molecule has 4 aromatic rings. The molecule has 0 aliphatic heterocycles. The summed E-state index contributed by atoms with van der Waals surface area (Å²) in [6.07, 6.45) is 0. The maximum Gasteiger partial charge on any atom is 0.261 e. The average Bonchev–Trinajstić information content (AvgIpc) is 2.72. The van der Waals surface area contributed by atoms with E-state index >= 15 is 0 Å². The number of nitrogens with one attached hydrogen (secondary N) is 2. The Balaban J connectivity index is 1.76. The van der Waals surface area contributed by atoms with Gasteiger partial charge < -0.3 is 14.8 Å². The maximum atomic E-state index is 13.0. The molecule has 1 aromatic heterocycles. The highest BCUT2D eigenvalue weighted by Crippen LogP contribution is 2.20. The lowest BCUT2D eigenvalue weighted by atomic mass is 10.1. The van der Waals surface area contributed by atoms with Crippen LogP contribution in [0.5, 0.6) is 5.75 Å². The van der Waals surface area contributed by atoms with E-state index in [1.807, 2.05) is 55.5 Å². The third-order valence-corrected chi connectivity index (χ3v) is 4.91. The normalized spacial score (nSPS) is 11.5. The number of phenols is 1. The van der Waals surface area contributed by atoms with E-state index in [0.717, 1.165) is 15.7 Å². The Morgan fingerprint density at radius 1 is 1.00 bits per heavy atom. The fourth-order valence-electron chi connectivity index (χ4n) is 2.91. The topological polar surface area (TPSA) is 86.9 Å². The van der Waals surface area contributed by atoms with Crippen molar-refractivity contribution in [2.24, 2.45) is 5.10 Å². The molecule has 0 aliphatic rings. The maximum absolute atomic E-state index is 13.0. The summed E-state index contributed by atoms with van der Waals surface area (Å²) < 4.78 is 6.78. The van der Waals surface area contributed by atoms with Gasteiger partial charge in [-0.25, -0.2) is 0 Å². The minimum Gasteiger partial charge on any atom is -0.508 e. The number of benzene rings is 3. The number of carbonyl (C=O) groups is 1. The van der Waals surface area contributed by atoms with E-state index in [-0.39, 0.29) is 22.8 Å². The molecule has 4 rings (SSSR count). The van der Waals surface area contributed by atoms with Crippen LogP contribution in [0, 0.1) is 6.92 Å². The number of aromatic hydroxyl groups is 1. The second kappa shape index (κ2) is 8.42. The lowest BCUT2D eigenvalue weighted by molar-refractivity contribution is 0.102. The predicted octanol–water partition coefficient (Wildman–Crippen LogP) is 5.39. The number of phenolic OH excluding ortho intramolecular Hbond substituents is 1. The Labute approximate surface area is 181 Å². The summed E-state index contributed by atoms with van der Waals surface area (Å²) in [5.41, 5.74) is 6.13. The first-order chi connectivity index (χ1) is 14.5. The summed E-state index contributed by atoms with van der Waals surface area (Å²) in [6, 6.07) is 21.3. The molecule has 0 bridgehead atoms. The highest BCUT2D eigenvalue weighted by atomic mass is 79.9. The van der Waals surface area contributed by atoms with Gasteiger partial charge in [0, 0.05) is 21.6 Å². The first kappa shape index (κ1) is 19.7. The molecule has 30 heavy (non-hydrogen) atoms. The molecule has 6 nitrogen and oxygen atoms in total. The van der Waals surface area contributed by atoms with Crippen molar-refractivity contribution in [2.75, 3.05) is 10.7 Å². The van der Waals surface area contributed by atoms with Crippen molar-refractivity contribution in [3.63, 3.8) is 0 Å². The standard InChI is InChI=1S/C23H18BrN3O3/c1-14-3-2-4-18(11-14)25-22(29)20-12-15-5-10-19(28)13-21(15)30-23(20)27-26-17-8-6-16(24)7-9-17/h2-13,26,28H,1H3,(H,25,29)/b27-23+. The van der Waals surface area contributed by atoms with Crippen molar-refractivity contribution in [2.45, 2.75) is 6.92 Å². The number of amides is 1. The highest BCUT2D eigenvalue weighted by Gasteiger charge is 2.14. The fraction of sp³-hybridized carbons (Fsp3) is 0.0435. The van der Waals surface area contributed by atoms with Crippen molar-refractivity contribution in [3.05, 3.63) is 94.0 Å². The number of anilines is 2. The quantitative estimate of drug-likeness (QED) is 0.354. The molecule has 1 heterocycles. The molecule has 3 aromatic carbocycles. The third kappa shape index (κ3) is 4.52. The van der Waals surface area contributed by atoms with E-state index in [4.69, 9.17) is 4.42 Å². The number of rotatable bonds is 4. The van der Waals surface area contributed by atoms with Gasteiger partial charge in [0.25, 0.3) is 5.91 Å². The summed E-state index contributed by atoms with van der Waals surface area (Å²) >= 11 is 3.39. The molecule has 150 valence electrons. The minimum absolute atomic E-state index is 0.0648. The van der Waals surface area contributed by atoms with Crippen molar-refractivity contribution in [3.8, 4) is 5.75 Å². The Morgan fingerprint density at radius 2 is 1.80 bits per heavy atom. The fourth-order valence-corrected chi connectivity index (χ4v) is 3.18. The molecular weight excluding hydrogens is 446 g/mol. The van der Waals surface area contributed by atoms with Gasteiger partial charge in [-0.2, -0.15) is 0 Å². The van der Waals surface area contributed by atoms with Gasteiger partial charge in [-0.15, -0.1) is 5.10 Å². The number of halogens is 1. The first-order valence-corrected chi connectivity index (χ1v) is 9.97. The third-order valence-electron chi connectivity index (χ3n) is 4.39. The second-order valence-corrected chi connectivity index (χ2v) is 7.66. The van der Waals surface area contributed by atoms with Gasteiger partial charge in [0.05, 0.1) is 5.69 Å². The van der Waals surface area contributed by atoms with Gasteiger partial charge in [-0.1, -0.05) is 28.1 Å². The molecule has 0 aliphatic carbocycles. The number of aryl methyl sites for hydroxylation is 1. The Morgan fingerprint density at radius 3 is 2.57 bits per heavy atom. The van der Waals surface area contributed by atoms with Gasteiger partial charge >= 0.3 is 0 Å². The second-order valence-electron chi connectivity index (χ2n) is 6.74. The van der Waals surface area contributed by atoms with Crippen LogP contribution < -0.4 is 16.3 Å². The van der Waals surface area contributed by atoms with Gasteiger partial charge in [-0.3, -0.25) is 10.2 Å². The van der Waals surface area contributed by atoms with Gasteiger partial charge in [0.2, 0.25) is 5.55 Å². The van der Waals surface area contributed by atoms with Crippen molar-refractivity contribution >= 4 is 44.2 Å². The van der Waals surface area contributed by atoms with Crippen molar-refractivity contribution in [1.29, 1.82) is 0 Å². The van der Waals surface area contributed by atoms with E-state index in [2.05, 4.69) is 31.8 Å². The van der Waals surface area contributed by atoms with Crippen LogP contribution in [-0.2, 0) is 0 Å². The van der Waals surface area contributed by atoms with E-state index < -0.39 is 0 Å². The monoisotopic (exact) mass is 463 g/mol. The zero-order valence-electron chi connectivity index (χ0n) is 16.0. The molecule has 0 radical (unpaired) electrons. The van der Waals surface area contributed by atoms with Gasteiger partial charge in [0.1, 0.15) is 16.9 Å². The van der Waals surface area contributed by atoms with Gasteiger partial charge in [0.15, 0.2) is 0 Å². The van der Waals surface area contributed by atoms with Crippen LogP contribution >= 0.6 is 15.9 Å². The lowest BCUT2D eigenvalue weighted by Gasteiger charge is -2.08. The van der Waals surface area contributed by atoms with Crippen molar-refractivity contribution < 1.29 is 14.3 Å². The van der Waals surface area contributed by atoms with Crippen LogP contribution in [0.15, 0.2) is 86.8 Å². The number of carbonyl (C=O) groups excluding carboxylic acids is 1. The highest BCUT2D eigenvalue weighted by molar-refractivity contribution is 9.10. The van der Waals surface area contributed by atoms with Crippen LogP contribution in [0.3, 0.4) is 0 Å². The van der Waals surface area contributed by atoms with E-state index in [0.29, 0.717) is 16.7 Å². The molecular formula is C23H18BrN3O3. The summed E-state index contributed by atoms with van der Waals surface area (Å²) in [5.74, 6) is -0.286. The summed E-state index contributed by atoms with van der Waals surface area (Å²) in [4.78, 5) is 13.0.